The summed E-state index contributed by atoms with van der Waals surface area (Å²) in [6.45, 7) is 4.16. The molecule has 0 amide bonds. The molecule has 0 fully saturated rings. The van der Waals surface area contributed by atoms with Gasteiger partial charge in [0.15, 0.2) is 0 Å². The number of carbonyl (C=O) groups is 2. The van der Waals surface area contributed by atoms with Gasteiger partial charge in [-0.05, 0) is 73.0 Å². The average Bonchev–Trinajstić information content (AvgIpc) is 2.97. The molecule has 39 heavy (non-hydrogen) atoms. The van der Waals surface area contributed by atoms with Gasteiger partial charge in [-0.25, -0.2) is 9.59 Å². The number of nitrogens with zero attached hydrogens (tertiary/aromatic N) is 3. The van der Waals surface area contributed by atoms with E-state index in [9.17, 15) is 20.1 Å². The first-order valence-corrected chi connectivity index (χ1v) is 12.6. The topological polar surface area (TPSA) is 103 Å². The number of ether oxygens (including phenoxy) is 2. The Morgan fingerprint density at radius 3 is 1.62 bits per heavy atom. The lowest BCUT2D eigenvalue weighted by Gasteiger charge is -2.25. The molecule has 7 nitrogen and oxygen atoms in total. The maximum absolute atomic E-state index is 12.2. The number of para-hydroxylation sites is 1. The van der Waals surface area contributed by atoms with E-state index in [1.165, 1.54) is 12.2 Å². The van der Waals surface area contributed by atoms with Gasteiger partial charge in [-0.3, -0.25) is 0 Å². The van der Waals surface area contributed by atoms with E-state index in [1.807, 2.05) is 103 Å². The summed E-state index contributed by atoms with van der Waals surface area (Å²) in [5.74, 6) is -1.28. The molecular formula is C32H29N3O4. The van der Waals surface area contributed by atoms with E-state index in [-0.39, 0.29) is 24.4 Å². The van der Waals surface area contributed by atoms with E-state index in [0.29, 0.717) is 11.1 Å². The number of nitriles is 2. The summed E-state index contributed by atoms with van der Waals surface area (Å²) in [5, 5.41) is 18.8. The van der Waals surface area contributed by atoms with Crippen molar-refractivity contribution in [3.8, 4) is 12.1 Å². The van der Waals surface area contributed by atoms with Gasteiger partial charge >= 0.3 is 11.9 Å². The molecule has 0 unspecified atom stereocenters. The van der Waals surface area contributed by atoms with Crippen molar-refractivity contribution in [3.05, 3.63) is 101 Å². The molecule has 0 atom stereocenters. The Hall–Kier alpha value is -5.14. The maximum atomic E-state index is 12.2. The third-order valence-corrected chi connectivity index (χ3v) is 5.63. The van der Waals surface area contributed by atoms with Crippen LogP contribution in [0.4, 0.5) is 17.1 Å². The van der Waals surface area contributed by atoms with Crippen LogP contribution in [0.2, 0.25) is 0 Å². The Balaban J connectivity index is 1.91. The van der Waals surface area contributed by atoms with Crippen LogP contribution in [0.25, 0.3) is 12.2 Å². The van der Waals surface area contributed by atoms with Crippen LogP contribution in [0.15, 0.2) is 90.0 Å². The molecule has 3 aromatic carbocycles. The summed E-state index contributed by atoms with van der Waals surface area (Å²) in [7, 11) is 0. The van der Waals surface area contributed by atoms with Gasteiger partial charge in [-0.2, -0.15) is 10.5 Å². The highest BCUT2D eigenvalue weighted by atomic mass is 16.5. The Morgan fingerprint density at radius 2 is 1.18 bits per heavy atom. The number of anilines is 3. The standard InChI is InChI=1S/C32H29N3O4/c1-3-5-19-39-32(37)27(23-34)21-25-13-17-30(18-14-25)35(28-9-7-6-8-10-28)29-15-11-24(12-16-29)20-26(22-33)31(36)38-4-2/h6-18,20-21H,3-5,19H2,1-2H3. The predicted molar refractivity (Wildman–Crippen MR) is 151 cm³/mol. The summed E-state index contributed by atoms with van der Waals surface area (Å²) in [6.07, 6.45) is 4.65. The molecule has 0 spiro atoms. The van der Waals surface area contributed by atoms with Crippen LogP contribution in [0.1, 0.15) is 37.8 Å². The minimum Gasteiger partial charge on any atom is -0.462 e. The van der Waals surface area contributed by atoms with Crippen molar-refractivity contribution in [1.29, 1.82) is 10.5 Å². The number of esters is 2. The van der Waals surface area contributed by atoms with Gasteiger partial charge in [-0.1, -0.05) is 55.8 Å². The van der Waals surface area contributed by atoms with E-state index < -0.39 is 11.9 Å². The van der Waals surface area contributed by atoms with Gasteiger partial charge in [0.25, 0.3) is 0 Å². The van der Waals surface area contributed by atoms with Crippen LogP contribution in [0.5, 0.6) is 0 Å². The molecule has 3 rings (SSSR count). The molecule has 0 aliphatic heterocycles. The zero-order valence-corrected chi connectivity index (χ0v) is 22.0. The summed E-state index contributed by atoms with van der Waals surface area (Å²) in [6, 6.07) is 28.5. The highest BCUT2D eigenvalue weighted by Gasteiger charge is 2.14. The highest BCUT2D eigenvalue weighted by Crippen LogP contribution is 2.34. The van der Waals surface area contributed by atoms with Crippen molar-refractivity contribution in [2.45, 2.75) is 26.7 Å². The van der Waals surface area contributed by atoms with E-state index in [4.69, 9.17) is 9.47 Å². The number of benzene rings is 3. The number of hydrogen-bond donors (Lipinski definition) is 0. The molecule has 0 N–H and O–H groups in total. The van der Waals surface area contributed by atoms with Crippen LogP contribution in [-0.2, 0) is 19.1 Å². The summed E-state index contributed by atoms with van der Waals surface area (Å²) >= 11 is 0. The van der Waals surface area contributed by atoms with Gasteiger partial charge in [-0.15, -0.1) is 0 Å². The van der Waals surface area contributed by atoms with Crippen molar-refractivity contribution < 1.29 is 19.1 Å². The van der Waals surface area contributed by atoms with E-state index in [2.05, 4.69) is 0 Å². The lowest BCUT2D eigenvalue weighted by atomic mass is 10.1. The zero-order valence-electron chi connectivity index (χ0n) is 22.0. The third kappa shape index (κ3) is 7.92. The third-order valence-electron chi connectivity index (χ3n) is 5.63. The minimum absolute atomic E-state index is 0.0537. The lowest BCUT2D eigenvalue weighted by Crippen LogP contribution is -2.10. The van der Waals surface area contributed by atoms with Crippen molar-refractivity contribution in [3.63, 3.8) is 0 Å². The second-order valence-corrected chi connectivity index (χ2v) is 8.40. The summed E-state index contributed by atoms with van der Waals surface area (Å²) in [5.41, 5.74) is 3.89. The molecular weight excluding hydrogens is 490 g/mol. The Kier molecular flexibility index (Phi) is 10.6. The largest absolute Gasteiger partial charge is 0.462 e. The highest BCUT2D eigenvalue weighted by molar-refractivity contribution is 5.98. The predicted octanol–water partition coefficient (Wildman–Crippen LogP) is 6.88. The normalized spacial score (nSPS) is 11.2. The van der Waals surface area contributed by atoms with Crippen molar-refractivity contribution >= 4 is 41.2 Å². The van der Waals surface area contributed by atoms with Crippen LogP contribution < -0.4 is 4.90 Å². The second-order valence-electron chi connectivity index (χ2n) is 8.40. The zero-order chi connectivity index (χ0) is 28.0. The molecule has 3 aromatic rings. The summed E-state index contributed by atoms with van der Waals surface area (Å²) in [4.78, 5) is 26.2. The molecule has 0 saturated heterocycles. The number of unbranched alkanes of at least 4 members (excludes halogenated alkanes) is 1. The van der Waals surface area contributed by atoms with Crippen LogP contribution >= 0.6 is 0 Å². The van der Waals surface area contributed by atoms with E-state index in [0.717, 1.165) is 29.9 Å². The first-order valence-electron chi connectivity index (χ1n) is 12.6. The monoisotopic (exact) mass is 519 g/mol. The molecule has 0 aliphatic carbocycles. The first kappa shape index (κ1) is 28.4. The Labute approximate surface area is 228 Å². The quantitative estimate of drug-likeness (QED) is 0.118. The first-order chi connectivity index (χ1) is 19.0. The van der Waals surface area contributed by atoms with Crippen LogP contribution in [-0.4, -0.2) is 25.2 Å². The van der Waals surface area contributed by atoms with Gasteiger partial charge in [0.2, 0.25) is 0 Å². The average molecular weight is 520 g/mol. The van der Waals surface area contributed by atoms with Crippen molar-refractivity contribution in [2.24, 2.45) is 0 Å². The van der Waals surface area contributed by atoms with Gasteiger partial charge in [0.05, 0.1) is 13.2 Å². The molecule has 0 heterocycles. The fourth-order valence-electron chi connectivity index (χ4n) is 3.67. The lowest BCUT2D eigenvalue weighted by molar-refractivity contribution is -0.139. The smallest absolute Gasteiger partial charge is 0.348 e. The SMILES string of the molecule is CCCCOC(=O)C(C#N)=Cc1ccc(N(c2ccccc2)c2ccc(C=C(C#N)C(=O)OCC)cc2)cc1. The fraction of sp³-hybridized carbons (Fsp3) is 0.188. The number of rotatable bonds is 11. The van der Waals surface area contributed by atoms with Crippen molar-refractivity contribution in [2.75, 3.05) is 18.1 Å². The molecule has 0 bridgehead atoms. The maximum Gasteiger partial charge on any atom is 0.348 e. The van der Waals surface area contributed by atoms with Gasteiger partial charge in [0, 0.05) is 17.1 Å². The second kappa shape index (κ2) is 14.6. The molecule has 0 saturated carbocycles. The fourth-order valence-corrected chi connectivity index (χ4v) is 3.67. The van der Waals surface area contributed by atoms with Crippen LogP contribution in [0.3, 0.4) is 0 Å². The van der Waals surface area contributed by atoms with Gasteiger partial charge in [0.1, 0.15) is 23.3 Å². The van der Waals surface area contributed by atoms with Crippen LogP contribution in [0, 0.1) is 22.7 Å². The van der Waals surface area contributed by atoms with E-state index in [1.54, 1.807) is 6.92 Å². The van der Waals surface area contributed by atoms with Gasteiger partial charge < -0.3 is 14.4 Å². The minimum atomic E-state index is -0.655. The molecule has 0 aliphatic rings. The molecule has 196 valence electrons. The molecule has 0 aromatic heterocycles. The molecule has 7 heteroatoms. The number of hydrogen-bond acceptors (Lipinski definition) is 7. The Bertz CT molecular complexity index is 1410. The van der Waals surface area contributed by atoms with E-state index >= 15 is 0 Å². The Morgan fingerprint density at radius 1 is 0.718 bits per heavy atom. The number of carbonyl (C=O) groups excluding carboxylic acids is 2. The van der Waals surface area contributed by atoms with Crippen molar-refractivity contribution in [1.82, 2.24) is 0 Å². The molecule has 0 radical (unpaired) electrons. The summed E-state index contributed by atoms with van der Waals surface area (Å²) < 4.78 is 10.1.